The second kappa shape index (κ2) is 6.36. The van der Waals surface area contributed by atoms with Gasteiger partial charge in [-0.15, -0.1) is 11.3 Å². The fraction of sp³-hybridized carbons (Fsp3) is 0.500. The van der Waals surface area contributed by atoms with Crippen LogP contribution in [0.2, 0.25) is 0 Å². The molecule has 2 aromatic rings. The Morgan fingerprint density at radius 1 is 1.52 bits per heavy atom. The molecule has 2 N–H and O–H groups in total. The van der Waals surface area contributed by atoms with Crippen LogP contribution in [0.15, 0.2) is 17.2 Å². The Morgan fingerprint density at radius 3 is 2.86 bits per heavy atom. The molecule has 0 saturated heterocycles. The predicted molar refractivity (Wildman–Crippen MR) is 81.9 cm³/mol. The number of rotatable bonds is 5. The maximum absolute atomic E-state index is 12.3. The van der Waals surface area contributed by atoms with Crippen LogP contribution in [-0.2, 0) is 0 Å². The maximum Gasteiger partial charge on any atom is 0.271 e. The van der Waals surface area contributed by atoms with E-state index in [1.54, 1.807) is 6.20 Å². The van der Waals surface area contributed by atoms with E-state index in [1.807, 2.05) is 20.8 Å². The van der Waals surface area contributed by atoms with Gasteiger partial charge >= 0.3 is 0 Å². The first kappa shape index (κ1) is 15.7. The normalized spacial score (nSPS) is 12.8. The summed E-state index contributed by atoms with van der Waals surface area (Å²) >= 11 is 1.39. The van der Waals surface area contributed by atoms with Crippen LogP contribution >= 0.6 is 11.3 Å². The number of nitrogens with zero attached hydrogens (tertiary/aromatic N) is 2. The fourth-order valence-electron chi connectivity index (χ4n) is 2.16. The number of carbonyl (C=O) groups excluding carboxylic acids is 1. The second-order valence-electron chi connectivity index (χ2n) is 5.45. The summed E-state index contributed by atoms with van der Waals surface area (Å²) in [5.74, 6) is -0.158. The third-order valence-electron chi connectivity index (χ3n) is 3.08. The Morgan fingerprint density at radius 2 is 2.24 bits per heavy atom. The molecule has 7 heteroatoms. The molecule has 1 amide bonds. The lowest BCUT2D eigenvalue weighted by Crippen LogP contribution is -2.41. The number of fused-ring (bicyclic) bond motifs is 1. The first-order valence-electron chi connectivity index (χ1n) is 6.82. The average molecular weight is 309 g/mol. The van der Waals surface area contributed by atoms with Crippen molar-refractivity contribution in [1.82, 2.24) is 14.7 Å². The number of aliphatic hydroxyl groups is 1. The van der Waals surface area contributed by atoms with Gasteiger partial charge in [0.2, 0.25) is 0 Å². The highest BCUT2D eigenvalue weighted by molar-refractivity contribution is 7.16. The van der Waals surface area contributed by atoms with Gasteiger partial charge in [0.15, 0.2) is 4.96 Å². The molecular formula is C14H19N3O3S. The number of thiazole rings is 1. The third-order valence-corrected chi connectivity index (χ3v) is 3.99. The first-order chi connectivity index (χ1) is 9.92. The summed E-state index contributed by atoms with van der Waals surface area (Å²) in [5, 5.41) is 12.0. The molecule has 0 spiro atoms. The Balaban J connectivity index is 2.27. The molecule has 0 aromatic carbocycles. The number of carbonyl (C=O) groups is 1. The van der Waals surface area contributed by atoms with Crippen LogP contribution in [0.25, 0.3) is 4.96 Å². The van der Waals surface area contributed by atoms with Crippen molar-refractivity contribution in [3.63, 3.8) is 0 Å². The average Bonchev–Trinajstić information content (AvgIpc) is 2.79. The monoisotopic (exact) mass is 309 g/mol. The van der Waals surface area contributed by atoms with Gasteiger partial charge in [-0.2, -0.15) is 0 Å². The zero-order valence-corrected chi connectivity index (χ0v) is 13.1. The van der Waals surface area contributed by atoms with Gasteiger partial charge in [-0.05, 0) is 19.3 Å². The van der Waals surface area contributed by atoms with E-state index in [4.69, 9.17) is 0 Å². The molecule has 0 radical (unpaired) electrons. The number of amides is 1. The minimum Gasteiger partial charge on any atom is -0.394 e. The fourth-order valence-corrected chi connectivity index (χ4v) is 2.95. The van der Waals surface area contributed by atoms with Crippen LogP contribution in [0.1, 0.15) is 35.5 Å². The number of aryl methyl sites for hydroxylation is 1. The van der Waals surface area contributed by atoms with E-state index in [0.29, 0.717) is 17.3 Å². The Labute approximate surface area is 126 Å². The zero-order valence-electron chi connectivity index (χ0n) is 12.3. The molecule has 1 atom stereocenters. The van der Waals surface area contributed by atoms with Crippen LogP contribution in [0.3, 0.4) is 0 Å². The minimum absolute atomic E-state index is 0.00694. The highest BCUT2D eigenvalue weighted by Gasteiger charge is 2.18. The van der Waals surface area contributed by atoms with Gasteiger partial charge in [0.05, 0.1) is 12.6 Å². The lowest BCUT2D eigenvalue weighted by molar-refractivity contribution is 0.0906. The summed E-state index contributed by atoms with van der Waals surface area (Å²) in [6.07, 6.45) is 3.62. The van der Waals surface area contributed by atoms with Gasteiger partial charge < -0.3 is 10.4 Å². The van der Waals surface area contributed by atoms with Crippen molar-refractivity contribution in [2.45, 2.75) is 33.2 Å². The summed E-state index contributed by atoms with van der Waals surface area (Å²) in [4.78, 5) is 30.1. The van der Waals surface area contributed by atoms with Gasteiger partial charge in [0, 0.05) is 17.3 Å². The highest BCUT2D eigenvalue weighted by atomic mass is 32.1. The summed E-state index contributed by atoms with van der Waals surface area (Å²) in [6, 6.07) is -0.359. The Hall–Kier alpha value is -1.73. The third kappa shape index (κ3) is 3.48. The van der Waals surface area contributed by atoms with Crippen LogP contribution in [-0.4, -0.2) is 33.0 Å². The second-order valence-corrected chi connectivity index (χ2v) is 6.67. The number of aliphatic hydroxyl groups excluding tert-OH is 1. The van der Waals surface area contributed by atoms with Gasteiger partial charge in [-0.3, -0.25) is 14.0 Å². The van der Waals surface area contributed by atoms with E-state index in [1.165, 1.54) is 21.9 Å². The van der Waals surface area contributed by atoms with Crippen molar-refractivity contribution >= 4 is 22.2 Å². The lowest BCUT2D eigenvalue weighted by atomic mass is 10.0. The van der Waals surface area contributed by atoms with Crippen LogP contribution in [0, 0.1) is 12.8 Å². The molecule has 0 aliphatic rings. The largest absolute Gasteiger partial charge is 0.394 e. The molecule has 0 fully saturated rings. The summed E-state index contributed by atoms with van der Waals surface area (Å²) in [6.45, 7) is 5.73. The molecule has 21 heavy (non-hydrogen) atoms. The number of aromatic nitrogens is 2. The summed E-state index contributed by atoms with van der Waals surface area (Å²) < 4.78 is 1.38. The van der Waals surface area contributed by atoms with Crippen molar-refractivity contribution in [3.05, 3.63) is 33.2 Å². The summed E-state index contributed by atoms with van der Waals surface area (Å²) in [5.41, 5.74) is -0.393. The number of hydrogen-bond donors (Lipinski definition) is 2. The molecule has 0 saturated carbocycles. The van der Waals surface area contributed by atoms with Crippen LogP contribution < -0.4 is 10.9 Å². The molecule has 6 nitrogen and oxygen atoms in total. The van der Waals surface area contributed by atoms with Crippen molar-refractivity contribution in [2.75, 3.05) is 6.61 Å². The van der Waals surface area contributed by atoms with Gasteiger partial charge in [0.25, 0.3) is 11.5 Å². The smallest absolute Gasteiger partial charge is 0.271 e. The van der Waals surface area contributed by atoms with E-state index in [2.05, 4.69) is 10.3 Å². The maximum atomic E-state index is 12.3. The van der Waals surface area contributed by atoms with E-state index in [-0.39, 0.29) is 23.8 Å². The molecule has 0 aliphatic carbocycles. The molecule has 0 aliphatic heterocycles. The quantitative estimate of drug-likeness (QED) is 0.869. The van der Waals surface area contributed by atoms with E-state index in [9.17, 15) is 14.7 Å². The van der Waals surface area contributed by atoms with E-state index < -0.39 is 5.91 Å². The van der Waals surface area contributed by atoms with Crippen molar-refractivity contribution < 1.29 is 9.90 Å². The Kier molecular flexibility index (Phi) is 4.74. The summed E-state index contributed by atoms with van der Waals surface area (Å²) in [7, 11) is 0. The molecule has 2 aromatic heterocycles. The first-order valence-corrected chi connectivity index (χ1v) is 7.63. The van der Waals surface area contributed by atoms with E-state index in [0.717, 1.165) is 4.88 Å². The number of nitrogens with one attached hydrogen (secondary N) is 1. The van der Waals surface area contributed by atoms with Gasteiger partial charge in [-0.25, -0.2) is 4.98 Å². The Bertz CT molecular complexity index is 705. The van der Waals surface area contributed by atoms with Gasteiger partial charge in [0.1, 0.15) is 5.56 Å². The molecule has 2 rings (SSSR count). The molecule has 0 bridgehead atoms. The molecule has 1 unspecified atom stereocenters. The van der Waals surface area contributed by atoms with Gasteiger partial charge in [-0.1, -0.05) is 13.8 Å². The topological polar surface area (TPSA) is 83.7 Å². The van der Waals surface area contributed by atoms with Crippen LogP contribution in [0.4, 0.5) is 0 Å². The predicted octanol–water partition coefficient (Wildman–Crippen LogP) is 1.20. The zero-order chi connectivity index (χ0) is 15.6. The molecule has 2 heterocycles. The molecular weight excluding hydrogens is 290 g/mol. The number of hydrogen-bond acceptors (Lipinski definition) is 5. The highest BCUT2D eigenvalue weighted by Crippen LogP contribution is 2.12. The lowest BCUT2D eigenvalue weighted by Gasteiger charge is -2.17. The van der Waals surface area contributed by atoms with Crippen molar-refractivity contribution in [3.8, 4) is 0 Å². The molecule has 114 valence electrons. The van der Waals surface area contributed by atoms with E-state index >= 15 is 0 Å². The SMILES string of the molecule is Cc1cn2c(=O)c(C(=O)NC(CO)CC(C)C)cnc2s1. The van der Waals surface area contributed by atoms with Crippen molar-refractivity contribution in [1.29, 1.82) is 0 Å². The standard InChI is InChI=1S/C14H19N3O3S/c1-8(2)4-10(7-18)16-12(19)11-5-15-14-17(13(11)20)6-9(3)21-14/h5-6,8,10,18H,4,7H2,1-3H3,(H,16,19). The minimum atomic E-state index is -0.495. The van der Waals surface area contributed by atoms with Crippen LogP contribution in [0.5, 0.6) is 0 Å². The van der Waals surface area contributed by atoms with Crippen molar-refractivity contribution in [2.24, 2.45) is 5.92 Å².